The Hall–Kier alpha value is -2.99. The highest BCUT2D eigenvalue weighted by Gasteiger charge is 2.27. The number of hydrogen-bond donors (Lipinski definition) is 2. The maximum Gasteiger partial charge on any atom is 0.221 e. The number of nitrogens with two attached hydrogens (primary N) is 1. The van der Waals surface area contributed by atoms with E-state index in [2.05, 4.69) is 40.3 Å². The molecule has 6 heteroatoms. The fraction of sp³-hybridized carbons (Fsp3) is 0.531. The van der Waals surface area contributed by atoms with Gasteiger partial charge in [-0.15, -0.1) is 0 Å². The predicted octanol–water partition coefficient (Wildman–Crippen LogP) is 6.15. The Labute approximate surface area is 226 Å². The van der Waals surface area contributed by atoms with Crippen molar-refractivity contribution in [1.82, 2.24) is 9.88 Å². The second-order valence-corrected chi connectivity index (χ2v) is 11.3. The van der Waals surface area contributed by atoms with Crippen molar-refractivity contribution in [1.29, 1.82) is 0 Å². The minimum atomic E-state index is -0.123. The predicted molar refractivity (Wildman–Crippen MR) is 153 cm³/mol. The van der Waals surface area contributed by atoms with E-state index in [9.17, 15) is 4.79 Å². The second-order valence-electron chi connectivity index (χ2n) is 11.3. The van der Waals surface area contributed by atoms with Crippen LogP contribution >= 0.6 is 0 Å². The van der Waals surface area contributed by atoms with Gasteiger partial charge < -0.3 is 25.1 Å². The summed E-state index contributed by atoms with van der Waals surface area (Å²) in [5.74, 6) is 2.14. The summed E-state index contributed by atoms with van der Waals surface area (Å²) in [6.45, 7) is 1.03. The van der Waals surface area contributed by atoms with E-state index in [1.165, 1.54) is 48.6 Å². The Bertz CT molecular complexity index is 1200. The van der Waals surface area contributed by atoms with E-state index in [1.807, 2.05) is 18.2 Å². The number of ether oxygens (including phenoxy) is 2. The maximum absolute atomic E-state index is 13.5. The molecule has 0 spiro atoms. The van der Waals surface area contributed by atoms with Crippen LogP contribution in [0.15, 0.2) is 48.7 Å². The first-order valence-electron chi connectivity index (χ1n) is 14.4. The standard InChI is InChI=1S/C32H43N3O3/c1-37-26-16-23(17-27(18-26)38-2)29(19-32(36)34-25-14-12-24(33)13-15-25)30-21-35(20-22-8-4-3-5-9-22)31-11-7-6-10-28(30)31/h6-7,10-11,16-18,21-22,24-25,29H,3-5,8-9,12-15,19-20,33H2,1-2H3,(H,34,36)/t24-,25-,29?. The average molecular weight is 518 g/mol. The number of methoxy groups -OCH3 is 2. The molecule has 2 aliphatic carbocycles. The molecule has 1 aromatic heterocycles. The van der Waals surface area contributed by atoms with Crippen molar-refractivity contribution in [2.75, 3.05) is 14.2 Å². The Morgan fingerprint density at radius 3 is 2.34 bits per heavy atom. The van der Waals surface area contributed by atoms with Gasteiger partial charge in [-0.1, -0.05) is 37.5 Å². The smallest absolute Gasteiger partial charge is 0.221 e. The van der Waals surface area contributed by atoms with Crippen molar-refractivity contribution < 1.29 is 14.3 Å². The summed E-state index contributed by atoms with van der Waals surface area (Å²) in [5.41, 5.74) is 9.56. The largest absolute Gasteiger partial charge is 0.497 e. The van der Waals surface area contributed by atoms with Crippen LogP contribution in [-0.2, 0) is 11.3 Å². The summed E-state index contributed by atoms with van der Waals surface area (Å²) in [6.07, 6.45) is 13.1. The summed E-state index contributed by atoms with van der Waals surface area (Å²) < 4.78 is 13.7. The van der Waals surface area contributed by atoms with Crippen LogP contribution in [-0.4, -0.2) is 36.8 Å². The lowest BCUT2D eigenvalue weighted by molar-refractivity contribution is -0.122. The van der Waals surface area contributed by atoms with Crippen LogP contribution in [0.5, 0.6) is 11.5 Å². The van der Waals surface area contributed by atoms with Gasteiger partial charge in [0, 0.05) is 54.1 Å². The zero-order chi connectivity index (χ0) is 26.5. The number of para-hydroxylation sites is 1. The minimum Gasteiger partial charge on any atom is -0.497 e. The third-order valence-electron chi connectivity index (χ3n) is 8.68. The highest BCUT2D eigenvalue weighted by Crippen LogP contribution is 2.39. The summed E-state index contributed by atoms with van der Waals surface area (Å²) >= 11 is 0. The molecule has 0 aliphatic heterocycles. The number of amides is 1. The first-order chi connectivity index (χ1) is 18.5. The van der Waals surface area contributed by atoms with E-state index in [1.54, 1.807) is 14.2 Å². The van der Waals surface area contributed by atoms with E-state index >= 15 is 0 Å². The third-order valence-corrected chi connectivity index (χ3v) is 8.68. The minimum absolute atomic E-state index is 0.0846. The van der Waals surface area contributed by atoms with Crippen LogP contribution in [0.3, 0.4) is 0 Å². The van der Waals surface area contributed by atoms with Crippen LogP contribution in [0.1, 0.15) is 81.3 Å². The Morgan fingerprint density at radius 1 is 0.974 bits per heavy atom. The fourth-order valence-corrected chi connectivity index (χ4v) is 6.53. The van der Waals surface area contributed by atoms with E-state index in [-0.39, 0.29) is 23.9 Å². The number of benzene rings is 2. The highest BCUT2D eigenvalue weighted by atomic mass is 16.5. The molecule has 5 rings (SSSR count). The zero-order valence-electron chi connectivity index (χ0n) is 23.0. The van der Waals surface area contributed by atoms with Crippen LogP contribution in [0, 0.1) is 5.92 Å². The lowest BCUT2D eigenvalue weighted by Crippen LogP contribution is -2.40. The molecule has 1 heterocycles. The number of carbonyl (C=O) groups is 1. The summed E-state index contributed by atoms with van der Waals surface area (Å²) in [7, 11) is 3.34. The normalized spacial score (nSPS) is 21.2. The topological polar surface area (TPSA) is 78.5 Å². The van der Waals surface area contributed by atoms with Gasteiger partial charge in [0.2, 0.25) is 5.91 Å². The number of fused-ring (bicyclic) bond motifs is 1. The molecule has 0 radical (unpaired) electrons. The van der Waals surface area contributed by atoms with Crippen molar-refractivity contribution in [3.63, 3.8) is 0 Å². The van der Waals surface area contributed by atoms with Gasteiger partial charge in [0.15, 0.2) is 0 Å². The lowest BCUT2D eigenvalue weighted by Gasteiger charge is -2.27. The monoisotopic (exact) mass is 517 g/mol. The molecule has 3 N–H and O–H groups in total. The highest BCUT2D eigenvalue weighted by molar-refractivity contribution is 5.87. The summed E-state index contributed by atoms with van der Waals surface area (Å²) in [6, 6.07) is 15.1. The molecule has 3 aromatic rings. The number of nitrogens with zero attached hydrogens (tertiary/aromatic N) is 1. The molecule has 1 amide bonds. The Morgan fingerprint density at radius 2 is 1.66 bits per heavy atom. The van der Waals surface area contributed by atoms with E-state index in [0.717, 1.165) is 49.3 Å². The van der Waals surface area contributed by atoms with Gasteiger partial charge >= 0.3 is 0 Å². The number of carbonyl (C=O) groups excluding carboxylic acids is 1. The molecular formula is C32H43N3O3. The van der Waals surface area contributed by atoms with Gasteiger partial charge in [-0.05, 0) is 73.8 Å². The first-order valence-corrected chi connectivity index (χ1v) is 14.4. The molecule has 38 heavy (non-hydrogen) atoms. The molecule has 2 saturated carbocycles. The molecule has 204 valence electrons. The van der Waals surface area contributed by atoms with Gasteiger partial charge in [0.05, 0.1) is 14.2 Å². The van der Waals surface area contributed by atoms with Gasteiger partial charge in [-0.3, -0.25) is 4.79 Å². The van der Waals surface area contributed by atoms with E-state index in [4.69, 9.17) is 15.2 Å². The van der Waals surface area contributed by atoms with Crippen LogP contribution < -0.4 is 20.5 Å². The first kappa shape index (κ1) is 26.6. The van der Waals surface area contributed by atoms with E-state index in [0.29, 0.717) is 12.3 Å². The average Bonchev–Trinajstić information content (AvgIpc) is 3.31. The number of aromatic nitrogens is 1. The Kier molecular flexibility index (Phi) is 8.58. The van der Waals surface area contributed by atoms with Gasteiger partial charge in [-0.25, -0.2) is 0 Å². The lowest BCUT2D eigenvalue weighted by atomic mass is 9.87. The molecule has 0 saturated heterocycles. The number of hydrogen-bond acceptors (Lipinski definition) is 4. The quantitative estimate of drug-likeness (QED) is 0.357. The molecule has 6 nitrogen and oxygen atoms in total. The summed E-state index contributed by atoms with van der Waals surface area (Å²) in [4.78, 5) is 13.5. The van der Waals surface area contributed by atoms with Crippen molar-refractivity contribution >= 4 is 16.8 Å². The van der Waals surface area contributed by atoms with Gasteiger partial charge in [-0.2, -0.15) is 0 Å². The van der Waals surface area contributed by atoms with Crippen LogP contribution in [0.2, 0.25) is 0 Å². The van der Waals surface area contributed by atoms with Crippen molar-refractivity contribution in [3.8, 4) is 11.5 Å². The van der Waals surface area contributed by atoms with E-state index < -0.39 is 0 Å². The second kappa shape index (κ2) is 12.2. The molecule has 2 aliphatic rings. The number of nitrogens with one attached hydrogen (secondary N) is 1. The molecule has 2 fully saturated rings. The van der Waals surface area contributed by atoms with Gasteiger partial charge in [0.1, 0.15) is 11.5 Å². The van der Waals surface area contributed by atoms with Crippen LogP contribution in [0.25, 0.3) is 10.9 Å². The molecule has 1 atom stereocenters. The molecule has 1 unspecified atom stereocenters. The molecular weight excluding hydrogens is 474 g/mol. The Balaban J connectivity index is 1.50. The zero-order valence-corrected chi connectivity index (χ0v) is 23.0. The molecule has 2 aromatic carbocycles. The fourth-order valence-electron chi connectivity index (χ4n) is 6.53. The van der Waals surface area contributed by atoms with Crippen LogP contribution in [0.4, 0.5) is 0 Å². The van der Waals surface area contributed by atoms with Gasteiger partial charge in [0.25, 0.3) is 0 Å². The maximum atomic E-state index is 13.5. The van der Waals surface area contributed by atoms with Crippen molar-refractivity contribution in [3.05, 3.63) is 59.8 Å². The SMILES string of the molecule is COc1cc(OC)cc(C(CC(=O)N[C@H]2CC[C@H](N)CC2)c2cn(CC3CCCCC3)c3ccccc23)c1. The van der Waals surface area contributed by atoms with Crippen molar-refractivity contribution in [2.24, 2.45) is 11.7 Å². The number of rotatable bonds is 9. The summed E-state index contributed by atoms with van der Waals surface area (Å²) in [5, 5.41) is 4.54. The van der Waals surface area contributed by atoms with Crippen molar-refractivity contribution in [2.45, 2.75) is 88.8 Å². The molecule has 0 bridgehead atoms. The third kappa shape index (κ3) is 6.17.